The highest BCUT2D eigenvalue weighted by Crippen LogP contribution is 2.35. The standard InChI is InChI=1S/C18H16ClN3OS/c19-12-5-3-11(4-6-12)14-8-7-13-15(20)16(24-17(13)21-14)18(23)22-9-1-2-10-22/h3-8H,1-2,9-10,20H2. The molecule has 1 aliphatic rings. The average molecular weight is 358 g/mol. The number of amides is 1. The third kappa shape index (κ3) is 2.64. The Morgan fingerprint density at radius 1 is 1.12 bits per heavy atom. The molecule has 0 bridgehead atoms. The van der Waals surface area contributed by atoms with Crippen LogP contribution in [0.25, 0.3) is 21.5 Å². The van der Waals surface area contributed by atoms with E-state index in [2.05, 4.69) is 0 Å². The maximum absolute atomic E-state index is 12.6. The second-order valence-corrected chi connectivity index (χ2v) is 7.34. The van der Waals surface area contributed by atoms with Gasteiger partial charge in [-0.15, -0.1) is 11.3 Å². The molecule has 1 aromatic carbocycles. The second kappa shape index (κ2) is 6.07. The Morgan fingerprint density at radius 2 is 1.83 bits per heavy atom. The number of carbonyl (C=O) groups is 1. The molecule has 122 valence electrons. The number of likely N-dealkylation sites (tertiary alicyclic amines) is 1. The van der Waals surface area contributed by atoms with Gasteiger partial charge in [-0.05, 0) is 37.1 Å². The first-order chi connectivity index (χ1) is 11.6. The van der Waals surface area contributed by atoms with Crippen molar-refractivity contribution in [2.24, 2.45) is 0 Å². The number of hydrogen-bond donors (Lipinski definition) is 1. The molecule has 1 amide bonds. The Morgan fingerprint density at radius 3 is 2.54 bits per heavy atom. The molecule has 1 saturated heterocycles. The number of pyridine rings is 1. The van der Waals surface area contributed by atoms with E-state index in [1.54, 1.807) is 0 Å². The molecule has 2 N–H and O–H groups in total. The fourth-order valence-corrected chi connectivity index (χ4v) is 4.19. The zero-order valence-electron chi connectivity index (χ0n) is 13.0. The SMILES string of the molecule is Nc1c(C(=O)N2CCCC2)sc2nc(-c3ccc(Cl)cc3)ccc12. The molecule has 2 aromatic heterocycles. The molecule has 0 saturated carbocycles. The molecule has 0 atom stereocenters. The largest absolute Gasteiger partial charge is 0.397 e. The van der Waals surface area contributed by atoms with Gasteiger partial charge in [-0.25, -0.2) is 4.98 Å². The highest BCUT2D eigenvalue weighted by molar-refractivity contribution is 7.21. The van der Waals surface area contributed by atoms with Crippen LogP contribution in [0.1, 0.15) is 22.5 Å². The van der Waals surface area contributed by atoms with Crippen molar-refractivity contribution in [3.8, 4) is 11.3 Å². The van der Waals surface area contributed by atoms with Crippen LogP contribution < -0.4 is 5.73 Å². The number of halogens is 1. The lowest BCUT2D eigenvalue weighted by atomic mass is 10.1. The minimum atomic E-state index is 0.0287. The first kappa shape index (κ1) is 15.4. The molecule has 0 unspecified atom stereocenters. The van der Waals surface area contributed by atoms with Crippen molar-refractivity contribution >= 4 is 44.7 Å². The smallest absolute Gasteiger partial charge is 0.266 e. The lowest BCUT2D eigenvalue weighted by molar-refractivity contribution is 0.0798. The Balaban J connectivity index is 1.75. The monoisotopic (exact) mass is 357 g/mol. The molecular formula is C18H16ClN3OS. The predicted octanol–water partition coefficient (Wildman–Crippen LogP) is 4.43. The van der Waals surface area contributed by atoms with E-state index in [9.17, 15) is 4.79 Å². The van der Waals surface area contributed by atoms with E-state index >= 15 is 0 Å². The van der Waals surface area contributed by atoms with E-state index in [0.717, 1.165) is 47.4 Å². The Kier molecular flexibility index (Phi) is 3.90. The van der Waals surface area contributed by atoms with Crippen LogP contribution in [0.3, 0.4) is 0 Å². The number of hydrogen-bond acceptors (Lipinski definition) is 4. The van der Waals surface area contributed by atoms with E-state index in [1.165, 1.54) is 11.3 Å². The molecule has 6 heteroatoms. The summed E-state index contributed by atoms with van der Waals surface area (Å²) in [6.45, 7) is 1.63. The van der Waals surface area contributed by atoms with Crippen molar-refractivity contribution in [1.82, 2.24) is 9.88 Å². The summed E-state index contributed by atoms with van der Waals surface area (Å²) in [5.74, 6) is 0.0287. The summed E-state index contributed by atoms with van der Waals surface area (Å²) in [4.78, 5) is 20.6. The van der Waals surface area contributed by atoms with Crippen molar-refractivity contribution in [3.05, 3.63) is 46.3 Å². The first-order valence-corrected chi connectivity index (χ1v) is 9.07. The Hall–Kier alpha value is -2.11. The number of nitrogens with zero attached hydrogens (tertiary/aromatic N) is 2. The molecule has 0 spiro atoms. The van der Waals surface area contributed by atoms with E-state index in [1.807, 2.05) is 41.3 Å². The van der Waals surface area contributed by atoms with Crippen LogP contribution in [-0.2, 0) is 0 Å². The van der Waals surface area contributed by atoms with Crippen LogP contribution in [0.4, 0.5) is 5.69 Å². The van der Waals surface area contributed by atoms with Gasteiger partial charge in [0.25, 0.3) is 5.91 Å². The normalized spacial score (nSPS) is 14.5. The molecule has 1 aliphatic heterocycles. The minimum absolute atomic E-state index is 0.0287. The summed E-state index contributed by atoms with van der Waals surface area (Å²) < 4.78 is 0. The molecule has 4 nitrogen and oxygen atoms in total. The third-order valence-corrected chi connectivity index (χ3v) is 5.68. The van der Waals surface area contributed by atoms with Gasteiger partial charge >= 0.3 is 0 Å². The van der Waals surface area contributed by atoms with Gasteiger partial charge < -0.3 is 10.6 Å². The number of aromatic nitrogens is 1. The van der Waals surface area contributed by atoms with E-state index in [4.69, 9.17) is 22.3 Å². The molecule has 0 radical (unpaired) electrons. The van der Waals surface area contributed by atoms with Crippen LogP contribution in [0, 0.1) is 0 Å². The lowest BCUT2D eigenvalue weighted by Crippen LogP contribution is -2.27. The van der Waals surface area contributed by atoms with E-state index < -0.39 is 0 Å². The minimum Gasteiger partial charge on any atom is -0.397 e. The van der Waals surface area contributed by atoms with Gasteiger partial charge in [0, 0.05) is 29.1 Å². The average Bonchev–Trinajstić information content (AvgIpc) is 3.23. The molecular weight excluding hydrogens is 342 g/mol. The van der Waals surface area contributed by atoms with Crippen LogP contribution in [0.15, 0.2) is 36.4 Å². The molecule has 0 aliphatic carbocycles. The van der Waals surface area contributed by atoms with E-state index in [-0.39, 0.29) is 5.91 Å². The van der Waals surface area contributed by atoms with Crippen molar-refractivity contribution in [3.63, 3.8) is 0 Å². The maximum Gasteiger partial charge on any atom is 0.266 e. The molecule has 24 heavy (non-hydrogen) atoms. The van der Waals surface area contributed by atoms with Crippen molar-refractivity contribution < 1.29 is 4.79 Å². The molecule has 3 heterocycles. The summed E-state index contributed by atoms with van der Waals surface area (Å²) in [5, 5.41) is 1.54. The highest BCUT2D eigenvalue weighted by Gasteiger charge is 2.24. The van der Waals surface area contributed by atoms with Gasteiger partial charge in [0.2, 0.25) is 0 Å². The number of thiophene rings is 1. The summed E-state index contributed by atoms with van der Waals surface area (Å²) in [6.07, 6.45) is 2.13. The summed E-state index contributed by atoms with van der Waals surface area (Å²) in [6, 6.07) is 11.4. The number of anilines is 1. The summed E-state index contributed by atoms with van der Waals surface area (Å²) in [5.41, 5.74) is 8.60. The Bertz CT molecular complexity index is 914. The number of carbonyl (C=O) groups excluding carboxylic acids is 1. The van der Waals surface area contributed by atoms with Gasteiger partial charge in [0.1, 0.15) is 9.71 Å². The molecule has 4 rings (SSSR count). The van der Waals surface area contributed by atoms with Crippen LogP contribution in [0.2, 0.25) is 5.02 Å². The predicted molar refractivity (Wildman–Crippen MR) is 99.6 cm³/mol. The number of benzene rings is 1. The first-order valence-electron chi connectivity index (χ1n) is 7.88. The number of nitrogens with two attached hydrogens (primary N) is 1. The van der Waals surface area contributed by atoms with Gasteiger partial charge in [-0.3, -0.25) is 4.79 Å². The topological polar surface area (TPSA) is 59.2 Å². The van der Waals surface area contributed by atoms with Crippen molar-refractivity contribution in [1.29, 1.82) is 0 Å². The number of nitrogen functional groups attached to an aromatic ring is 1. The fourth-order valence-electron chi connectivity index (χ4n) is 3.00. The van der Waals surface area contributed by atoms with Gasteiger partial charge in [-0.2, -0.15) is 0 Å². The van der Waals surface area contributed by atoms with Crippen LogP contribution in [0.5, 0.6) is 0 Å². The van der Waals surface area contributed by atoms with Crippen LogP contribution >= 0.6 is 22.9 Å². The molecule has 3 aromatic rings. The summed E-state index contributed by atoms with van der Waals surface area (Å²) in [7, 11) is 0. The van der Waals surface area contributed by atoms with Crippen LogP contribution in [-0.4, -0.2) is 28.9 Å². The molecule has 1 fully saturated rings. The van der Waals surface area contributed by atoms with Crippen molar-refractivity contribution in [2.45, 2.75) is 12.8 Å². The van der Waals surface area contributed by atoms with Gasteiger partial charge in [0.05, 0.1) is 11.4 Å². The zero-order valence-corrected chi connectivity index (χ0v) is 14.5. The third-order valence-electron chi connectivity index (χ3n) is 4.32. The quantitative estimate of drug-likeness (QED) is 0.737. The zero-order chi connectivity index (χ0) is 16.7. The van der Waals surface area contributed by atoms with E-state index in [0.29, 0.717) is 15.6 Å². The second-order valence-electron chi connectivity index (χ2n) is 5.90. The highest BCUT2D eigenvalue weighted by atomic mass is 35.5. The lowest BCUT2D eigenvalue weighted by Gasteiger charge is -2.13. The van der Waals surface area contributed by atoms with Gasteiger partial charge in [-0.1, -0.05) is 23.7 Å². The number of rotatable bonds is 2. The fraction of sp³-hybridized carbons (Fsp3) is 0.222. The van der Waals surface area contributed by atoms with Crippen molar-refractivity contribution in [2.75, 3.05) is 18.8 Å². The summed E-state index contributed by atoms with van der Waals surface area (Å²) >= 11 is 7.32. The maximum atomic E-state index is 12.6. The Labute approximate surface area is 148 Å². The number of fused-ring (bicyclic) bond motifs is 1. The van der Waals surface area contributed by atoms with Gasteiger partial charge in [0.15, 0.2) is 0 Å².